The molecule has 0 saturated heterocycles. The molecule has 7 heteroatoms. The van der Waals surface area contributed by atoms with Crippen molar-refractivity contribution in [1.29, 1.82) is 0 Å². The fraction of sp³-hybridized carbons (Fsp3) is 0.130. The Morgan fingerprint density at radius 3 is 2.30 bits per heavy atom. The first-order chi connectivity index (χ1) is 14.5. The number of benzene rings is 3. The van der Waals surface area contributed by atoms with E-state index in [0.29, 0.717) is 22.1 Å². The van der Waals surface area contributed by atoms with E-state index in [1.807, 2.05) is 36.4 Å². The molecular formula is C23H21ClN2O4. The van der Waals surface area contributed by atoms with Gasteiger partial charge in [-0.3, -0.25) is 9.69 Å². The van der Waals surface area contributed by atoms with Crippen molar-refractivity contribution < 1.29 is 19.1 Å². The molecule has 154 valence electrons. The van der Waals surface area contributed by atoms with Gasteiger partial charge in [0.25, 0.3) is 5.91 Å². The molecule has 0 atom stereocenters. The van der Waals surface area contributed by atoms with E-state index in [4.69, 9.17) is 16.3 Å². The van der Waals surface area contributed by atoms with Crippen molar-refractivity contribution in [2.75, 3.05) is 31.0 Å². The van der Waals surface area contributed by atoms with Gasteiger partial charge in [-0.2, -0.15) is 0 Å². The largest absolute Gasteiger partial charge is 0.482 e. The summed E-state index contributed by atoms with van der Waals surface area (Å²) in [5.41, 5.74) is 3.23. The predicted molar refractivity (Wildman–Crippen MR) is 118 cm³/mol. The summed E-state index contributed by atoms with van der Waals surface area (Å²) in [5, 5.41) is 3.17. The monoisotopic (exact) mass is 424 g/mol. The van der Waals surface area contributed by atoms with Gasteiger partial charge in [0, 0.05) is 18.4 Å². The van der Waals surface area contributed by atoms with Gasteiger partial charge in [0.1, 0.15) is 5.75 Å². The van der Waals surface area contributed by atoms with Gasteiger partial charge < -0.3 is 14.8 Å². The van der Waals surface area contributed by atoms with Gasteiger partial charge in [0.15, 0.2) is 6.61 Å². The summed E-state index contributed by atoms with van der Waals surface area (Å²) in [6.07, 6.45) is -0.477. The number of hydrogen-bond donors (Lipinski definition) is 1. The quantitative estimate of drug-likeness (QED) is 0.588. The first-order valence-corrected chi connectivity index (χ1v) is 9.55. The summed E-state index contributed by atoms with van der Waals surface area (Å²) < 4.78 is 10.2. The molecule has 0 bridgehead atoms. The standard InChI is InChI=1S/C23H21ClN2O4/c1-26(23(28)29-2)19-11-9-18(10-12-19)25-22(27)15-30-21-13-8-17(14-20(21)24)16-6-4-3-5-7-16/h3-14H,15H2,1-2H3,(H,25,27). The van der Waals surface area contributed by atoms with E-state index in [1.54, 1.807) is 43.4 Å². The Kier molecular flexibility index (Phi) is 6.93. The second-order valence-corrected chi connectivity index (χ2v) is 6.83. The smallest absolute Gasteiger partial charge is 0.413 e. The maximum Gasteiger partial charge on any atom is 0.413 e. The minimum absolute atomic E-state index is 0.186. The number of amides is 2. The molecule has 0 aliphatic rings. The van der Waals surface area contributed by atoms with Gasteiger partial charge in [-0.05, 0) is 47.5 Å². The molecule has 2 amide bonds. The summed E-state index contributed by atoms with van der Waals surface area (Å²) in [6, 6.07) is 22.1. The summed E-state index contributed by atoms with van der Waals surface area (Å²) in [7, 11) is 2.91. The van der Waals surface area contributed by atoms with E-state index in [9.17, 15) is 9.59 Å². The van der Waals surface area contributed by atoms with Crippen LogP contribution >= 0.6 is 11.6 Å². The van der Waals surface area contributed by atoms with E-state index in [2.05, 4.69) is 10.1 Å². The molecule has 3 aromatic carbocycles. The van der Waals surface area contributed by atoms with Gasteiger partial charge in [0.05, 0.1) is 12.1 Å². The number of anilines is 2. The molecule has 0 heterocycles. The zero-order chi connectivity index (χ0) is 21.5. The van der Waals surface area contributed by atoms with Crippen molar-refractivity contribution in [2.45, 2.75) is 0 Å². The maximum atomic E-state index is 12.2. The highest BCUT2D eigenvalue weighted by Crippen LogP contribution is 2.30. The summed E-state index contributed by atoms with van der Waals surface area (Å²) in [4.78, 5) is 25.1. The highest BCUT2D eigenvalue weighted by atomic mass is 35.5. The predicted octanol–water partition coefficient (Wildman–Crippen LogP) is 5.23. The van der Waals surface area contributed by atoms with Crippen molar-refractivity contribution in [3.8, 4) is 16.9 Å². The zero-order valence-electron chi connectivity index (χ0n) is 16.6. The van der Waals surface area contributed by atoms with Gasteiger partial charge >= 0.3 is 6.09 Å². The SMILES string of the molecule is COC(=O)N(C)c1ccc(NC(=O)COc2ccc(-c3ccccc3)cc2Cl)cc1. The van der Waals surface area contributed by atoms with Crippen molar-refractivity contribution in [3.63, 3.8) is 0 Å². The molecule has 0 radical (unpaired) electrons. The van der Waals surface area contributed by atoms with E-state index in [1.165, 1.54) is 12.0 Å². The van der Waals surface area contributed by atoms with E-state index >= 15 is 0 Å². The summed E-state index contributed by atoms with van der Waals surface area (Å²) in [6.45, 7) is -0.186. The molecule has 1 N–H and O–H groups in total. The van der Waals surface area contributed by atoms with Gasteiger partial charge in [-0.25, -0.2) is 4.79 Å². The molecule has 0 aliphatic heterocycles. The van der Waals surface area contributed by atoms with Crippen molar-refractivity contribution >= 4 is 35.0 Å². The number of carbonyl (C=O) groups is 2. The third-order valence-electron chi connectivity index (χ3n) is 4.38. The highest BCUT2D eigenvalue weighted by molar-refractivity contribution is 6.32. The molecule has 0 spiro atoms. The number of carbonyl (C=O) groups excluding carboxylic acids is 2. The lowest BCUT2D eigenvalue weighted by Crippen LogP contribution is -2.25. The minimum Gasteiger partial charge on any atom is -0.482 e. The molecule has 30 heavy (non-hydrogen) atoms. The second kappa shape index (κ2) is 9.80. The Balaban J connectivity index is 1.56. The van der Waals surface area contributed by atoms with Crippen molar-refractivity contribution in [3.05, 3.63) is 77.8 Å². The lowest BCUT2D eigenvalue weighted by Gasteiger charge is -2.16. The Morgan fingerprint density at radius 1 is 0.967 bits per heavy atom. The van der Waals surface area contributed by atoms with Gasteiger partial charge in [0.2, 0.25) is 0 Å². The molecule has 0 unspecified atom stereocenters. The van der Waals surface area contributed by atoms with Crippen LogP contribution < -0.4 is 15.0 Å². The number of halogens is 1. The topological polar surface area (TPSA) is 67.9 Å². The number of nitrogens with one attached hydrogen (secondary N) is 1. The first-order valence-electron chi connectivity index (χ1n) is 9.17. The summed E-state index contributed by atoms with van der Waals surface area (Å²) >= 11 is 6.31. The highest BCUT2D eigenvalue weighted by Gasteiger charge is 2.11. The maximum absolute atomic E-state index is 12.2. The van der Waals surface area contributed by atoms with Crippen LogP contribution in [0.1, 0.15) is 0 Å². The number of rotatable bonds is 6. The average molecular weight is 425 g/mol. The van der Waals surface area contributed by atoms with Crippen LogP contribution in [-0.4, -0.2) is 32.8 Å². The van der Waals surface area contributed by atoms with Crippen LogP contribution in [0.15, 0.2) is 72.8 Å². The molecule has 3 rings (SSSR count). The van der Waals surface area contributed by atoms with Crippen LogP contribution in [-0.2, 0) is 9.53 Å². The molecule has 0 aromatic heterocycles. The van der Waals surface area contributed by atoms with Crippen LogP contribution in [0.4, 0.5) is 16.2 Å². The molecule has 0 saturated carbocycles. The third-order valence-corrected chi connectivity index (χ3v) is 4.68. The van der Waals surface area contributed by atoms with Crippen molar-refractivity contribution in [1.82, 2.24) is 0 Å². The molecular weight excluding hydrogens is 404 g/mol. The van der Waals surface area contributed by atoms with E-state index in [-0.39, 0.29) is 12.5 Å². The fourth-order valence-corrected chi connectivity index (χ4v) is 3.01. The first kappa shape index (κ1) is 21.2. The molecule has 6 nitrogen and oxygen atoms in total. The Labute approximate surface area is 180 Å². The number of hydrogen-bond acceptors (Lipinski definition) is 4. The Hall–Kier alpha value is -3.51. The van der Waals surface area contributed by atoms with Gasteiger partial charge in [-0.1, -0.05) is 48.0 Å². The molecule has 3 aromatic rings. The zero-order valence-corrected chi connectivity index (χ0v) is 17.3. The van der Waals surface area contributed by atoms with E-state index in [0.717, 1.165) is 11.1 Å². The van der Waals surface area contributed by atoms with Crippen LogP contribution in [0.2, 0.25) is 5.02 Å². The van der Waals surface area contributed by atoms with Crippen molar-refractivity contribution in [2.24, 2.45) is 0 Å². The fourth-order valence-electron chi connectivity index (χ4n) is 2.78. The van der Waals surface area contributed by atoms with Gasteiger partial charge in [-0.15, -0.1) is 0 Å². The number of nitrogens with zero attached hydrogens (tertiary/aromatic N) is 1. The third kappa shape index (κ3) is 5.30. The van der Waals surface area contributed by atoms with Crippen LogP contribution in [0, 0.1) is 0 Å². The Bertz CT molecular complexity index is 1020. The van der Waals surface area contributed by atoms with Crippen LogP contribution in [0.25, 0.3) is 11.1 Å². The number of methoxy groups -OCH3 is 1. The second-order valence-electron chi connectivity index (χ2n) is 6.42. The number of ether oxygens (including phenoxy) is 2. The van der Waals surface area contributed by atoms with Crippen LogP contribution in [0.5, 0.6) is 5.75 Å². The summed E-state index contributed by atoms with van der Waals surface area (Å²) in [5.74, 6) is 0.105. The lowest BCUT2D eigenvalue weighted by atomic mass is 10.1. The van der Waals surface area contributed by atoms with Crippen LogP contribution in [0.3, 0.4) is 0 Å². The average Bonchev–Trinajstić information content (AvgIpc) is 2.78. The minimum atomic E-state index is -0.477. The normalized spacial score (nSPS) is 10.2. The molecule has 0 aliphatic carbocycles. The van der Waals surface area contributed by atoms with E-state index < -0.39 is 6.09 Å². The lowest BCUT2D eigenvalue weighted by molar-refractivity contribution is -0.118. The molecule has 0 fully saturated rings. The Morgan fingerprint density at radius 2 is 1.67 bits per heavy atom.